The van der Waals surface area contributed by atoms with Crippen molar-refractivity contribution in [2.24, 2.45) is 0 Å². The third-order valence-corrected chi connectivity index (χ3v) is 7.40. The van der Waals surface area contributed by atoms with Crippen molar-refractivity contribution in [3.8, 4) is 28.4 Å². The molecule has 5 atom stereocenters. The number of rotatable bonds is 8. The average Bonchev–Trinajstić information content (AvgIpc) is 3.23. The summed E-state index contributed by atoms with van der Waals surface area (Å²) in [6.07, 6.45) is -4.32. The molecular weight excluding hydrogens is 618 g/mol. The number of hydrogen-bond acceptors (Lipinski definition) is 13. The normalized spacial score (nSPS) is 22.0. The first-order valence-electron chi connectivity index (χ1n) is 15.0. The number of ether oxygens (including phenoxy) is 7. The van der Waals surface area contributed by atoms with Gasteiger partial charge < -0.3 is 42.9 Å². The third-order valence-electron chi connectivity index (χ3n) is 7.40. The second-order valence-electron chi connectivity index (χ2n) is 11.1. The molecule has 1 saturated heterocycles. The number of amides is 1. The van der Waals surface area contributed by atoms with E-state index in [0.717, 1.165) is 20.3 Å². The van der Waals surface area contributed by atoms with Crippen LogP contribution in [-0.2, 0) is 38.1 Å². The van der Waals surface area contributed by atoms with Crippen LogP contribution in [0.1, 0.15) is 39.9 Å². The van der Waals surface area contributed by atoms with E-state index in [0.29, 0.717) is 41.6 Å². The van der Waals surface area contributed by atoms with E-state index in [1.54, 1.807) is 25.1 Å². The van der Waals surface area contributed by atoms with Gasteiger partial charge in [0.05, 0.1) is 24.2 Å². The number of esters is 3. The standard InChI is InChI=1S/C33H35NO13/c1-16-28(21-7-10-24-26(13-21)41-12-6-11-40-24)30(39)23-9-8-22(14-25(23)43-16)46-33-29(34-17(2)35)32(45-20(5)38)31(44-19(4)37)27(47-33)15-42-18(3)36/h7-10,13-14,27,29,31-33H,6,11-12,15H2,1-5H3,(H,34,35). The molecule has 14 heteroatoms. The van der Waals surface area contributed by atoms with E-state index in [1.807, 2.05) is 0 Å². The Balaban J connectivity index is 1.50. The van der Waals surface area contributed by atoms with Crippen LogP contribution < -0.4 is 25.0 Å². The Morgan fingerprint density at radius 3 is 2.26 bits per heavy atom. The molecule has 2 aromatic carbocycles. The lowest BCUT2D eigenvalue weighted by Crippen LogP contribution is -2.67. The molecule has 5 unspecified atom stereocenters. The molecular formula is C33H35NO13. The molecule has 3 heterocycles. The summed E-state index contributed by atoms with van der Waals surface area (Å²) in [6.45, 7) is 7.04. The van der Waals surface area contributed by atoms with Gasteiger partial charge in [0.25, 0.3) is 0 Å². The Kier molecular flexibility index (Phi) is 9.99. The van der Waals surface area contributed by atoms with Crippen molar-refractivity contribution < 1.29 is 56.8 Å². The lowest BCUT2D eigenvalue weighted by atomic mass is 9.96. The van der Waals surface area contributed by atoms with E-state index in [-0.39, 0.29) is 28.8 Å². The van der Waals surface area contributed by atoms with Crippen molar-refractivity contribution in [1.29, 1.82) is 0 Å². The number of fused-ring (bicyclic) bond motifs is 2. The first-order valence-corrected chi connectivity index (χ1v) is 15.0. The molecule has 250 valence electrons. The smallest absolute Gasteiger partial charge is 0.303 e. The summed E-state index contributed by atoms with van der Waals surface area (Å²) in [5, 5.41) is 2.92. The van der Waals surface area contributed by atoms with Crippen LogP contribution in [0.25, 0.3) is 22.1 Å². The van der Waals surface area contributed by atoms with Gasteiger partial charge in [0.15, 0.2) is 23.7 Å². The molecule has 0 spiro atoms. The summed E-state index contributed by atoms with van der Waals surface area (Å²) in [4.78, 5) is 61.8. The van der Waals surface area contributed by atoms with Crippen LogP contribution in [-0.4, -0.2) is 74.3 Å². The lowest BCUT2D eigenvalue weighted by molar-refractivity contribution is -0.257. The van der Waals surface area contributed by atoms with E-state index in [2.05, 4.69) is 5.32 Å². The minimum atomic E-state index is -1.35. The average molecular weight is 654 g/mol. The molecule has 1 N–H and O–H groups in total. The summed E-state index contributed by atoms with van der Waals surface area (Å²) in [5.74, 6) is -0.958. The zero-order chi connectivity index (χ0) is 33.8. The molecule has 1 fully saturated rings. The predicted molar refractivity (Wildman–Crippen MR) is 163 cm³/mol. The van der Waals surface area contributed by atoms with Crippen molar-refractivity contribution in [2.45, 2.75) is 71.7 Å². The van der Waals surface area contributed by atoms with E-state index >= 15 is 0 Å². The van der Waals surface area contributed by atoms with Crippen molar-refractivity contribution >= 4 is 34.8 Å². The fraction of sp³-hybridized carbons (Fsp3) is 0.424. The van der Waals surface area contributed by atoms with Crippen molar-refractivity contribution in [3.05, 3.63) is 52.4 Å². The number of aryl methyl sites for hydroxylation is 1. The highest BCUT2D eigenvalue weighted by atomic mass is 16.7. The largest absolute Gasteiger partial charge is 0.490 e. The molecule has 0 radical (unpaired) electrons. The second kappa shape index (κ2) is 14.1. The number of carbonyl (C=O) groups excluding carboxylic acids is 4. The fourth-order valence-electron chi connectivity index (χ4n) is 5.54. The summed E-state index contributed by atoms with van der Waals surface area (Å²) >= 11 is 0. The number of hydrogen-bond donors (Lipinski definition) is 1. The molecule has 2 aliphatic heterocycles. The van der Waals surface area contributed by atoms with Gasteiger partial charge in [-0.1, -0.05) is 6.07 Å². The van der Waals surface area contributed by atoms with E-state index in [1.165, 1.54) is 32.0 Å². The van der Waals surface area contributed by atoms with Gasteiger partial charge in [-0.25, -0.2) is 0 Å². The van der Waals surface area contributed by atoms with Gasteiger partial charge in [0, 0.05) is 40.2 Å². The van der Waals surface area contributed by atoms with Crippen LogP contribution in [0, 0.1) is 6.92 Å². The molecule has 5 rings (SSSR count). The van der Waals surface area contributed by atoms with Gasteiger partial charge in [-0.05, 0) is 36.8 Å². The molecule has 47 heavy (non-hydrogen) atoms. The van der Waals surface area contributed by atoms with Crippen LogP contribution >= 0.6 is 0 Å². The molecule has 1 aromatic heterocycles. The summed E-state index contributed by atoms with van der Waals surface area (Å²) in [6, 6.07) is 8.63. The molecule has 3 aromatic rings. The Morgan fingerprint density at radius 1 is 0.872 bits per heavy atom. The van der Waals surface area contributed by atoms with Crippen LogP contribution in [0.15, 0.2) is 45.6 Å². The zero-order valence-electron chi connectivity index (χ0n) is 26.5. The maximum absolute atomic E-state index is 13.7. The Bertz CT molecular complexity index is 1750. The Hall–Kier alpha value is -5.11. The molecule has 14 nitrogen and oxygen atoms in total. The van der Waals surface area contributed by atoms with Crippen LogP contribution in [0.5, 0.6) is 17.2 Å². The number of nitrogens with one attached hydrogen (secondary N) is 1. The first-order chi connectivity index (χ1) is 22.4. The highest BCUT2D eigenvalue weighted by Gasteiger charge is 2.52. The summed E-state index contributed by atoms with van der Waals surface area (Å²) in [5.41, 5.74) is 0.891. The van der Waals surface area contributed by atoms with E-state index < -0.39 is 54.5 Å². The highest BCUT2D eigenvalue weighted by molar-refractivity contribution is 5.84. The van der Waals surface area contributed by atoms with E-state index in [4.69, 9.17) is 37.6 Å². The lowest BCUT2D eigenvalue weighted by Gasteiger charge is -2.44. The van der Waals surface area contributed by atoms with Gasteiger partial charge in [-0.15, -0.1) is 0 Å². The van der Waals surface area contributed by atoms with Crippen LogP contribution in [0.4, 0.5) is 0 Å². The summed E-state index contributed by atoms with van der Waals surface area (Å²) in [7, 11) is 0. The van der Waals surface area contributed by atoms with Crippen molar-refractivity contribution in [3.63, 3.8) is 0 Å². The van der Waals surface area contributed by atoms with Crippen LogP contribution in [0.3, 0.4) is 0 Å². The highest BCUT2D eigenvalue weighted by Crippen LogP contribution is 2.36. The summed E-state index contributed by atoms with van der Waals surface area (Å²) < 4.78 is 45.9. The van der Waals surface area contributed by atoms with Gasteiger partial charge >= 0.3 is 17.9 Å². The first kappa shape index (κ1) is 33.3. The molecule has 0 aliphatic carbocycles. The Morgan fingerprint density at radius 2 is 1.57 bits per heavy atom. The fourth-order valence-corrected chi connectivity index (χ4v) is 5.54. The van der Waals surface area contributed by atoms with Gasteiger partial charge in [-0.2, -0.15) is 0 Å². The Labute approximate surface area is 269 Å². The zero-order valence-corrected chi connectivity index (χ0v) is 26.5. The maximum atomic E-state index is 13.7. The van der Waals surface area contributed by atoms with Crippen molar-refractivity contribution in [2.75, 3.05) is 19.8 Å². The van der Waals surface area contributed by atoms with Crippen molar-refractivity contribution in [1.82, 2.24) is 5.32 Å². The minimum Gasteiger partial charge on any atom is -0.490 e. The predicted octanol–water partition coefficient (Wildman–Crippen LogP) is 2.96. The third kappa shape index (κ3) is 7.65. The molecule has 1 amide bonds. The second-order valence-corrected chi connectivity index (χ2v) is 11.1. The molecule has 2 aliphatic rings. The SMILES string of the molecule is CC(=O)NC1C(Oc2ccc3c(=O)c(-c4ccc5c(c4)OCCCO5)c(C)oc3c2)OC(COC(C)=O)C(OC(C)=O)C1OC(C)=O. The number of benzene rings is 2. The minimum absolute atomic E-state index is 0.169. The quantitative estimate of drug-likeness (QED) is 0.278. The van der Waals surface area contributed by atoms with Gasteiger partial charge in [0.2, 0.25) is 17.6 Å². The number of carbonyl (C=O) groups is 4. The van der Waals surface area contributed by atoms with Gasteiger partial charge in [0.1, 0.15) is 35.8 Å². The van der Waals surface area contributed by atoms with Gasteiger partial charge in [-0.3, -0.25) is 24.0 Å². The monoisotopic (exact) mass is 653 g/mol. The molecule has 0 saturated carbocycles. The van der Waals surface area contributed by atoms with Crippen LogP contribution in [0.2, 0.25) is 0 Å². The maximum Gasteiger partial charge on any atom is 0.303 e. The topological polar surface area (TPSA) is 175 Å². The van der Waals surface area contributed by atoms with E-state index in [9.17, 15) is 24.0 Å². The molecule has 0 bridgehead atoms.